The molecule has 0 spiro atoms. The van der Waals surface area contributed by atoms with Crippen LogP contribution in [0.25, 0.3) is 21.0 Å². The first-order valence-electron chi connectivity index (χ1n) is 13.0. The highest BCUT2D eigenvalue weighted by molar-refractivity contribution is 7.91. The quantitative estimate of drug-likeness (QED) is 0.134. The number of unbranched alkanes of at least 4 members (excludes halogenated alkanes) is 3. The third kappa shape index (κ3) is 6.79. The van der Waals surface area contributed by atoms with Gasteiger partial charge in [-0.2, -0.15) is 18.4 Å². The van der Waals surface area contributed by atoms with Crippen LogP contribution in [0.4, 0.5) is 22.0 Å². The standard InChI is InChI=1S/C30H25F5N2O3S2/c1-2-3-4-5-13-42(39,40)22-8-6-7-19(14-22)27-11-12-28(41-27)26-16-24(30(33,34)35)23(17-36)29(38)37(26)18-20-9-10-21(31)15-25(20)32/h6-12,14-16H,2-5,13,18H2,1H3. The van der Waals surface area contributed by atoms with Crippen molar-refractivity contribution in [2.75, 3.05) is 5.75 Å². The Balaban J connectivity index is 1.80. The Kier molecular flexibility index (Phi) is 9.33. The summed E-state index contributed by atoms with van der Waals surface area (Å²) in [5.41, 5.74) is -3.77. The van der Waals surface area contributed by atoms with Gasteiger partial charge in [-0.25, -0.2) is 17.2 Å². The molecule has 0 aliphatic heterocycles. The lowest BCUT2D eigenvalue weighted by molar-refractivity contribution is -0.137. The fourth-order valence-electron chi connectivity index (χ4n) is 4.47. The molecular weight excluding hydrogens is 595 g/mol. The Morgan fingerprint density at radius 2 is 1.69 bits per heavy atom. The van der Waals surface area contributed by atoms with Crippen molar-refractivity contribution < 1.29 is 30.4 Å². The predicted octanol–water partition coefficient (Wildman–Crippen LogP) is 7.81. The van der Waals surface area contributed by atoms with E-state index in [2.05, 4.69) is 0 Å². The maximum Gasteiger partial charge on any atom is 0.417 e. The van der Waals surface area contributed by atoms with Crippen molar-refractivity contribution in [3.63, 3.8) is 0 Å². The summed E-state index contributed by atoms with van der Waals surface area (Å²) in [6, 6.07) is 13.8. The number of nitrogens with zero attached hydrogens (tertiary/aromatic N) is 2. The zero-order valence-corrected chi connectivity index (χ0v) is 24.0. The van der Waals surface area contributed by atoms with Crippen molar-refractivity contribution in [1.29, 1.82) is 5.26 Å². The molecule has 4 rings (SSSR count). The van der Waals surface area contributed by atoms with E-state index in [0.29, 0.717) is 29.0 Å². The Morgan fingerprint density at radius 1 is 0.952 bits per heavy atom. The van der Waals surface area contributed by atoms with Gasteiger partial charge in [0.25, 0.3) is 5.56 Å². The molecule has 0 atom stereocenters. The number of rotatable bonds is 10. The maximum atomic E-state index is 14.5. The van der Waals surface area contributed by atoms with E-state index in [-0.39, 0.29) is 26.8 Å². The summed E-state index contributed by atoms with van der Waals surface area (Å²) in [6.07, 6.45) is -1.82. The molecule has 0 radical (unpaired) electrons. The number of pyridine rings is 1. The third-order valence-electron chi connectivity index (χ3n) is 6.66. The van der Waals surface area contributed by atoms with E-state index in [4.69, 9.17) is 0 Å². The van der Waals surface area contributed by atoms with E-state index in [1.54, 1.807) is 18.2 Å². The predicted molar refractivity (Wildman–Crippen MR) is 151 cm³/mol. The molecule has 4 aromatic rings. The van der Waals surface area contributed by atoms with Gasteiger partial charge in [-0.15, -0.1) is 11.3 Å². The van der Waals surface area contributed by atoms with Crippen LogP contribution in [-0.2, 0) is 22.6 Å². The molecule has 0 fully saturated rings. The lowest BCUT2D eigenvalue weighted by Gasteiger charge is -2.17. The molecule has 0 bridgehead atoms. The Morgan fingerprint density at radius 3 is 2.36 bits per heavy atom. The van der Waals surface area contributed by atoms with Gasteiger partial charge in [0.05, 0.1) is 33.3 Å². The minimum atomic E-state index is -5.03. The molecule has 0 aliphatic rings. The molecule has 42 heavy (non-hydrogen) atoms. The molecule has 2 heterocycles. The molecule has 0 saturated heterocycles. The van der Waals surface area contributed by atoms with Gasteiger partial charge in [0.15, 0.2) is 9.84 Å². The second-order valence-corrected chi connectivity index (χ2v) is 12.8. The van der Waals surface area contributed by atoms with Crippen LogP contribution in [0.5, 0.6) is 0 Å². The summed E-state index contributed by atoms with van der Waals surface area (Å²) in [4.78, 5) is 14.0. The Hall–Kier alpha value is -3.82. The highest BCUT2D eigenvalue weighted by Gasteiger charge is 2.37. The van der Waals surface area contributed by atoms with Crippen LogP contribution in [0.3, 0.4) is 0 Å². The summed E-state index contributed by atoms with van der Waals surface area (Å²) < 4.78 is 96.2. The summed E-state index contributed by atoms with van der Waals surface area (Å²) in [6.45, 7) is 1.46. The molecule has 0 aliphatic carbocycles. The zero-order chi connectivity index (χ0) is 30.7. The second kappa shape index (κ2) is 12.6. The minimum absolute atomic E-state index is 0.0101. The third-order valence-corrected chi connectivity index (χ3v) is 9.62. The fraction of sp³-hybridized carbons (Fsp3) is 0.267. The van der Waals surface area contributed by atoms with Gasteiger partial charge in [-0.3, -0.25) is 4.79 Å². The van der Waals surface area contributed by atoms with Crippen molar-refractivity contribution in [1.82, 2.24) is 4.57 Å². The van der Waals surface area contributed by atoms with Crippen molar-refractivity contribution >= 4 is 21.2 Å². The summed E-state index contributed by atoms with van der Waals surface area (Å²) in [7, 11) is -3.56. The van der Waals surface area contributed by atoms with Gasteiger partial charge in [0.1, 0.15) is 23.3 Å². The van der Waals surface area contributed by atoms with Crippen LogP contribution in [0, 0.1) is 23.0 Å². The number of alkyl halides is 3. The topological polar surface area (TPSA) is 79.9 Å². The molecule has 0 N–H and O–H groups in total. The van der Waals surface area contributed by atoms with Crippen molar-refractivity contribution in [2.45, 2.75) is 50.2 Å². The van der Waals surface area contributed by atoms with E-state index in [0.717, 1.165) is 47.3 Å². The minimum Gasteiger partial charge on any atom is -0.302 e. The number of halogens is 5. The number of nitriles is 1. The second-order valence-electron chi connectivity index (χ2n) is 9.63. The number of aromatic nitrogens is 1. The van der Waals surface area contributed by atoms with Crippen LogP contribution in [-0.4, -0.2) is 18.7 Å². The number of thiophene rings is 1. The van der Waals surface area contributed by atoms with Crippen molar-refractivity contribution in [3.05, 3.63) is 99.3 Å². The van der Waals surface area contributed by atoms with Gasteiger partial charge in [0, 0.05) is 16.5 Å². The Labute approximate surface area is 243 Å². The fourth-order valence-corrected chi connectivity index (χ4v) is 6.91. The zero-order valence-electron chi connectivity index (χ0n) is 22.3. The van der Waals surface area contributed by atoms with Gasteiger partial charge in [-0.05, 0) is 48.4 Å². The van der Waals surface area contributed by atoms with Gasteiger partial charge >= 0.3 is 6.18 Å². The summed E-state index contributed by atoms with van der Waals surface area (Å²) in [5, 5.41) is 9.40. The summed E-state index contributed by atoms with van der Waals surface area (Å²) in [5.74, 6) is -1.89. The van der Waals surface area contributed by atoms with Crippen molar-refractivity contribution in [3.8, 4) is 27.1 Å². The number of sulfone groups is 1. The van der Waals surface area contributed by atoms with Gasteiger partial charge < -0.3 is 4.57 Å². The normalized spacial score (nSPS) is 11.9. The SMILES string of the molecule is CCCCCCS(=O)(=O)c1cccc(-c2ccc(-c3cc(C(F)(F)F)c(C#N)c(=O)n3Cc3ccc(F)cc3F)s2)c1. The van der Waals surface area contributed by atoms with E-state index in [1.165, 1.54) is 24.3 Å². The molecule has 2 aromatic heterocycles. The van der Waals surface area contributed by atoms with E-state index < -0.39 is 50.9 Å². The summed E-state index contributed by atoms with van der Waals surface area (Å²) >= 11 is 0.997. The van der Waals surface area contributed by atoms with Crippen LogP contribution in [0.15, 0.2) is 70.4 Å². The lowest BCUT2D eigenvalue weighted by Crippen LogP contribution is -2.28. The number of hydrogen-bond acceptors (Lipinski definition) is 5. The molecule has 0 unspecified atom stereocenters. The van der Waals surface area contributed by atoms with Crippen LogP contribution in [0.1, 0.15) is 49.3 Å². The van der Waals surface area contributed by atoms with Crippen molar-refractivity contribution in [2.24, 2.45) is 0 Å². The first-order valence-corrected chi connectivity index (χ1v) is 15.4. The molecule has 12 heteroatoms. The molecule has 5 nitrogen and oxygen atoms in total. The Bertz CT molecular complexity index is 1820. The van der Waals surface area contributed by atoms with E-state index >= 15 is 0 Å². The van der Waals surface area contributed by atoms with Crippen LogP contribution in [0.2, 0.25) is 0 Å². The first kappa shape index (κ1) is 31.1. The molecule has 2 aromatic carbocycles. The lowest BCUT2D eigenvalue weighted by atomic mass is 10.1. The van der Waals surface area contributed by atoms with E-state index in [9.17, 15) is 40.4 Å². The monoisotopic (exact) mass is 620 g/mol. The highest BCUT2D eigenvalue weighted by Crippen LogP contribution is 2.38. The highest BCUT2D eigenvalue weighted by atomic mass is 32.2. The maximum absolute atomic E-state index is 14.5. The average molecular weight is 621 g/mol. The van der Waals surface area contributed by atoms with E-state index in [1.807, 2.05) is 6.92 Å². The van der Waals surface area contributed by atoms with Crippen LogP contribution >= 0.6 is 11.3 Å². The average Bonchev–Trinajstić information content (AvgIpc) is 3.43. The molecule has 0 amide bonds. The molecule has 0 saturated carbocycles. The molecular formula is C30H25F5N2O3S2. The van der Waals surface area contributed by atoms with Gasteiger partial charge in [-0.1, -0.05) is 44.4 Å². The number of benzene rings is 2. The van der Waals surface area contributed by atoms with Crippen LogP contribution < -0.4 is 5.56 Å². The largest absolute Gasteiger partial charge is 0.417 e. The van der Waals surface area contributed by atoms with Gasteiger partial charge in [0.2, 0.25) is 0 Å². The molecule has 220 valence electrons. The first-order chi connectivity index (χ1) is 19.9. The smallest absolute Gasteiger partial charge is 0.302 e. The number of hydrogen-bond donors (Lipinski definition) is 0.